The van der Waals surface area contributed by atoms with E-state index in [0.717, 1.165) is 12.8 Å². The van der Waals surface area contributed by atoms with Gasteiger partial charge < -0.3 is 34.0 Å². The molecule has 3 aromatic rings. The van der Waals surface area contributed by atoms with E-state index in [1.54, 1.807) is 29.8 Å². The fourth-order valence-electron chi connectivity index (χ4n) is 5.43. The number of hydrogen-bond acceptors (Lipinski definition) is 16. The maximum Gasteiger partial charge on any atom is 0.349 e. The molecule has 0 fully saturated rings. The first-order valence-electron chi connectivity index (χ1n) is 18.4. The van der Waals surface area contributed by atoms with Crippen LogP contribution in [0.3, 0.4) is 0 Å². The number of rotatable bonds is 14. The van der Waals surface area contributed by atoms with Crippen molar-refractivity contribution in [3.05, 3.63) is 74.9 Å². The first-order chi connectivity index (χ1) is 30.0. The highest BCUT2D eigenvalue weighted by molar-refractivity contribution is 7.90. The van der Waals surface area contributed by atoms with Crippen LogP contribution in [0.5, 0.6) is 11.8 Å². The predicted octanol–water partition coefficient (Wildman–Crippen LogP) is 3.12. The Balaban J connectivity index is 0.000000282. The van der Waals surface area contributed by atoms with Gasteiger partial charge in [0.2, 0.25) is 17.7 Å². The number of pyridine rings is 1. The summed E-state index contributed by atoms with van der Waals surface area (Å²) in [6.07, 6.45) is 5.04. The topological polar surface area (TPSA) is 323 Å². The number of nitrogens with zero attached hydrogens (tertiary/aromatic N) is 5. The van der Waals surface area contributed by atoms with Crippen molar-refractivity contribution in [2.24, 2.45) is 0 Å². The molecule has 5 amide bonds. The number of nitrogens with one attached hydrogen (secondary N) is 3. The van der Waals surface area contributed by atoms with E-state index in [9.17, 15) is 41.8 Å². The third-order valence-corrected chi connectivity index (χ3v) is 10.7. The Morgan fingerprint density at radius 3 is 2.09 bits per heavy atom. The summed E-state index contributed by atoms with van der Waals surface area (Å²) in [4.78, 5) is 101. The van der Waals surface area contributed by atoms with Gasteiger partial charge in [-0.1, -0.05) is 23.2 Å². The zero-order valence-electron chi connectivity index (χ0n) is 34.7. The summed E-state index contributed by atoms with van der Waals surface area (Å²) in [5.74, 6) is -3.03. The predicted molar refractivity (Wildman–Crippen MR) is 229 cm³/mol. The van der Waals surface area contributed by atoms with Crippen LogP contribution in [-0.2, 0) is 38.5 Å². The number of carbonyl (C=O) groups excluding carboxylic acids is 5. The number of amides is 5. The van der Waals surface area contributed by atoms with Crippen LogP contribution in [0.2, 0.25) is 5.02 Å². The molecule has 0 spiro atoms. The third-order valence-electron chi connectivity index (χ3n) is 8.19. The molecular formula is C37H43Cl2N8O15PS. The lowest BCUT2D eigenvalue weighted by Gasteiger charge is -2.16. The van der Waals surface area contributed by atoms with E-state index in [0.29, 0.717) is 40.3 Å². The van der Waals surface area contributed by atoms with Gasteiger partial charge in [-0.2, -0.15) is 18.4 Å². The first-order valence-corrected chi connectivity index (χ1v) is 22.5. The third kappa shape index (κ3) is 15.1. The summed E-state index contributed by atoms with van der Waals surface area (Å²) in [6.45, 7) is 1.44. The van der Waals surface area contributed by atoms with Crippen LogP contribution in [0.15, 0.2) is 63.8 Å². The number of esters is 1. The first kappa shape index (κ1) is 52.3. The zero-order chi connectivity index (χ0) is 47.9. The van der Waals surface area contributed by atoms with Crippen molar-refractivity contribution in [1.82, 2.24) is 29.9 Å². The summed E-state index contributed by atoms with van der Waals surface area (Å²) in [5, 5.41) is 11.8. The van der Waals surface area contributed by atoms with E-state index in [2.05, 4.69) is 25.6 Å². The fourth-order valence-corrected chi connectivity index (χ4v) is 7.22. The van der Waals surface area contributed by atoms with Crippen LogP contribution in [0.25, 0.3) is 6.08 Å². The molecule has 5 rings (SSSR count). The van der Waals surface area contributed by atoms with Gasteiger partial charge >= 0.3 is 25.6 Å². The van der Waals surface area contributed by atoms with E-state index in [4.69, 9.17) is 52.3 Å². The number of aliphatic carboxylic acids is 1. The second kappa shape index (κ2) is 23.6. The van der Waals surface area contributed by atoms with Gasteiger partial charge in [-0.3, -0.25) is 34.4 Å². The maximum atomic E-state index is 12.7. The highest BCUT2D eigenvalue weighted by Crippen LogP contribution is 2.37. The number of halogens is 2. The highest BCUT2D eigenvalue weighted by atomic mass is 35.5. The number of carboxylic acids is 1. The van der Waals surface area contributed by atoms with Gasteiger partial charge in [0.05, 0.1) is 51.0 Å². The van der Waals surface area contributed by atoms with Gasteiger partial charge in [0.1, 0.15) is 5.03 Å². The number of methoxy groups -OCH3 is 2. The Kier molecular flexibility index (Phi) is 19.3. The van der Waals surface area contributed by atoms with Crippen LogP contribution in [0.4, 0.5) is 16.4 Å². The van der Waals surface area contributed by atoms with Crippen molar-refractivity contribution >= 4 is 94.2 Å². The summed E-state index contributed by atoms with van der Waals surface area (Å²) in [6, 6.07) is 7.64. The summed E-state index contributed by atoms with van der Waals surface area (Å²) in [5.41, 5.74) is 1.86. The second-order valence-electron chi connectivity index (χ2n) is 13.1. The SMILES string of the molecule is CCOC(=O)/C(Cl)=C/c1cc(N2C(=O)C3=C(CCCC3)C2=O)ccc1Cl.COc1cc(OC)nc(NC(=O)NS(=O)(=O)c2ncccc2C(=O)N(C)C)n1.O=C(O)CNCP(=O)(O)O. The molecule has 346 valence electrons. The number of benzene rings is 1. The van der Waals surface area contributed by atoms with Crippen molar-refractivity contribution in [3.8, 4) is 11.8 Å². The van der Waals surface area contributed by atoms with Crippen LogP contribution >= 0.6 is 30.8 Å². The molecule has 64 heavy (non-hydrogen) atoms. The molecule has 2 aliphatic rings. The van der Waals surface area contributed by atoms with Crippen LogP contribution in [0.1, 0.15) is 48.5 Å². The standard InChI is InChI=1S/C19H17Cl2NO4.C15H18N6O6S.C3H8NO5P/c1-2-26-19(25)16(21)10-11-9-12(7-8-15(11)20)22-17(23)13-5-3-4-6-14(13)18(22)24;1-21(2)13(22)9-6-5-7-16-12(9)28(24,25)20-15(23)19-14-17-10(26-3)8-11(18-14)27-4;5-3(6)1-4-2-10(7,8)9/h7-10H,2-6H2,1H3;5-8H,1-4H3,(H2,17,18,19,20,23);4H,1-2H2,(H,5,6)(H2,7,8,9)/b16-10-;;. The van der Waals surface area contributed by atoms with Gasteiger partial charge in [0.25, 0.3) is 27.7 Å². The molecule has 3 heterocycles. The molecule has 0 bridgehead atoms. The molecule has 1 aromatic carbocycles. The van der Waals surface area contributed by atoms with Crippen molar-refractivity contribution in [2.75, 3.05) is 58.0 Å². The molecule has 27 heteroatoms. The highest BCUT2D eigenvalue weighted by Gasteiger charge is 2.39. The number of imide groups is 1. The monoisotopic (exact) mass is 972 g/mol. The van der Waals surface area contributed by atoms with E-state index < -0.39 is 59.4 Å². The zero-order valence-corrected chi connectivity index (χ0v) is 37.9. The minimum Gasteiger partial charge on any atom is -0.481 e. The molecular weight excluding hydrogens is 930 g/mol. The normalized spacial score (nSPS) is 13.6. The van der Waals surface area contributed by atoms with E-state index in [1.807, 2.05) is 0 Å². The van der Waals surface area contributed by atoms with Gasteiger partial charge in [-0.05, 0) is 74.6 Å². The quantitative estimate of drug-likeness (QED) is 0.0585. The Hall–Kier alpha value is -6.01. The fraction of sp³-hybridized carbons (Fsp3) is 0.324. The van der Waals surface area contributed by atoms with Crippen molar-refractivity contribution in [2.45, 2.75) is 37.6 Å². The number of aromatic nitrogens is 3. The molecule has 0 atom stereocenters. The van der Waals surface area contributed by atoms with E-state index in [-0.39, 0.29) is 46.7 Å². The van der Waals surface area contributed by atoms with Crippen molar-refractivity contribution < 1.29 is 70.9 Å². The molecule has 23 nitrogen and oxygen atoms in total. The lowest BCUT2D eigenvalue weighted by Crippen LogP contribution is -2.36. The molecule has 0 radical (unpaired) electrons. The second-order valence-corrected chi connectivity index (χ2v) is 17.1. The van der Waals surface area contributed by atoms with Gasteiger partial charge in [-0.25, -0.2) is 24.2 Å². The van der Waals surface area contributed by atoms with Crippen molar-refractivity contribution in [1.29, 1.82) is 0 Å². The number of urea groups is 1. The van der Waals surface area contributed by atoms with Crippen molar-refractivity contribution in [3.63, 3.8) is 0 Å². The average molecular weight is 974 g/mol. The van der Waals surface area contributed by atoms with Gasteiger partial charge in [0, 0.05) is 36.5 Å². The largest absolute Gasteiger partial charge is 0.481 e. The summed E-state index contributed by atoms with van der Waals surface area (Å²) < 4.78 is 51.6. The summed E-state index contributed by atoms with van der Waals surface area (Å²) >= 11 is 12.1. The number of ether oxygens (including phenoxy) is 3. The molecule has 0 saturated heterocycles. The van der Waals surface area contributed by atoms with Crippen LogP contribution in [-0.4, -0.2) is 127 Å². The van der Waals surface area contributed by atoms with Gasteiger partial charge in [-0.15, -0.1) is 0 Å². The maximum absolute atomic E-state index is 12.7. The molecule has 1 aliphatic heterocycles. The lowest BCUT2D eigenvalue weighted by molar-refractivity contribution is -0.138. The van der Waals surface area contributed by atoms with E-state index in [1.165, 1.54) is 68.6 Å². The Morgan fingerprint density at radius 2 is 1.58 bits per heavy atom. The number of sulfonamides is 1. The Labute approximate surface area is 376 Å². The number of carbonyl (C=O) groups is 6. The molecule has 0 unspecified atom stereocenters. The van der Waals surface area contributed by atoms with Gasteiger partial charge in [0.15, 0.2) is 5.03 Å². The Bertz CT molecular complexity index is 2450. The Morgan fingerprint density at radius 1 is 0.984 bits per heavy atom. The number of carboxylic acid groups (broad SMARTS) is 1. The molecule has 1 aliphatic carbocycles. The molecule has 2 aromatic heterocycles. The van der Waals surface area contributed by atoms with Crippen LogP contribution < -0.4 is 29.7 Å². The summed E-state index contributed by atoms with van der Waals surface area (Å²) in [7, 11) is -2.94. The number of anilines is 2. The minimum absolute atomic E-state index is 0.0913. The van der Waals surface area contributed by atoms with Crippen LogP contribution in [0, 0.1) is 0 Å². The smallest absolute Gasteiger partial charge is 0.349 e. The van der Waals surface area contributed by atoms with E-state index >= 15 is 0 Å². The average Bonchev–Trinajstić information content (AvgIpc) is 3.49. The molecule has 0 saturated carbocycles. The molecule has 6 N–H and O–H groups in total. The number of hydrogen-bond donors (Lipinski definition) is 6. The minimum atomic E-state index is -4.46. The lowest BCUT2D eigenvalue weighted by atomic mass is 9.93.